The number of nitriles is 1. The SMILES string of the molecule is N#Cc1nc(/C=C/c2cccs2)oc1NCC[NH+]1CCOCC1. The Balaban J connectivity index is 1.57. The van der Waals surface area contributed by atoms with Crippen LogP contribution >= 0.6 is 11.3 Å². The Morgan fingerprint density at radius 2 is 2.26 bits per heavy atom. The Kier molecular flexibility index (Phi) is 5.42. The average molecular weight is 331 g/mol. The van der Waals surface area contributed by atoms with Crippen LogP contribution in [0, 0.1) is 11.3 Å². The van der Waals surface area contributed by atoms with Gasteiger partial charge in [-0.25, -0.2) is 0 Å². The number of morpholine rings is 1. The maximum atomic E-state index is 9.18. The lowest BCUT2D eigenvalue weighted by atomic mass is 10.4. The molecule has 2 aromatic heterocycles. The molecule has 1 saturated heterocycles. The summed E-state index contributed by atoms with van der Waals surface area (Å²) in [6.45, 7) is 5.40. The number of ether oxygens (including phenoxy) is 1. The smallest absolute Gasteiger partial charge is 0.232 e. The number of quaternary nitrogens is 1. The molecular weight excluding hydrogens is 312 g/mol. The number of anilines is 1. The van der Waals surface area contributed by atoms with Crippen molar-refractivity contribution in [1.82, 2.24) is 4.98 Å². The standard InChI is InChI=1S/C16H18N4O2S/c17-12-14-16(18-5-6-20-7-9-21-10-8-20)22-15(19-14)4-3-13-2-1-11-23-13/h1-4,11,18H,5-10H2/p+1/b4-3+. The summed E-state index contributed by atoms with van der Waals surface area (Å²) in [4.78, 5) is 6.81. The van der Waals surface area contributed by atoms with E-state index in [2.05, 4.69) is 16.4 Å². The van der Waals surface area contributed by atoms with Crippen LogP contribution in [0.15, 0.2) is 21.9 Å². The highest BCUT2D eigenvalue weighted by atomic mass is 32.1. The fourth-order valence-electron chi connectivity index (χ4n) is 2.41. The van der Waals surface area contributed by atoms with E-state index in [1.54, 1.807) is 17.4 Å². The lowest BCUT2D eigenvalue weighted by Crippen LogP contribution is -3.14. The molecule has 0 aliphatic carbocycles. The van der Waals surface area contributed by atoms with Crippen molar-refractivity contribution in [1.29, 1.82) is 5.26 Å². The number of nitrogens with one attached hydrogen (secondary N) is 2. The minimum atomic E-state index is 0.299. The molecule has 3 rings (SSSR count). The van der Waals surface area contributed by atoms with E-state index in [1.807, 2.05) is 23.6 Å². The Hall–Kier alpha value is -2.14. The lowest BCUT2D eigenvalue weighted by Gasteiger charge is -2.23. The van der Waals surface area contributed by atoms with Crippen LogP contribution in [-0.2, 0) is 4.74 Å². The van der Waals surface area contributed by atoms with Gasteiger partial charge in [0.2, 0.25) is 17.5 Å². The van der Waals surface area contributed by atoms with Gasteiger partial charge in [0.15, 0.2) is 0 Å². The summed E-state index contributed by atoms with van der Waals surface area (Å²) in [6, 6.07) is 6.07. The number of hydrogen-bond acceptors (Lipinski definition) is 6. The zero-order chi connectivity index (χ0) is 15.9. The van der Waals surface area contributed by atoms with E-state index in [9.17, 15) is 5.26 Å². The maximum Gasteiger partial charge on any atom is 0.232 e. The molecule has 1 fully saturated rings. The van der Waals surface area contributed by atoms with Gasteiger partial charge in [0.1, 0.15) is 19.2 Å². The van der Waals surface area contributed by atoms with Gasteiger partial charge < -0.3 is 19.4 Å². The van der Waals surface area contributed by atoms with E-state index in [-0.39, 0.29) is 0 Å². The van der Waals surface area contributed by atoms with Crippen molar-refractivity contribution in [3.05, 3.63) is 34.0 Å². The second kappa shape index (κ2) is 7.92. The summed E-state index contributed by atoms with van der Waals surface area (Å²) in [7, 11) is 0. The Morgan fingerprint density at radius 3 is 3.00 bits per heavy atom. The van der Waals surface area contributed by atoms with E-state index >= 15 is 0 Å². The van der Waals surface area contributed by atoms with Gasteiger partial charge in [-0.15, -0.1) is 11.3 Å². The highest BCUT2D eigenvalue weighted by Crippen LogP contribution is 2.19. The van der Waals surface area contributed by atoms with Gasteiger partial charge in [-0.2, -0.15) is 10.2 Å². The molecule has 120 valence electrons. The number of rotatable bonds is 6. The topological polar surface area (TPSA) is 75.5 Å². The third-order valence-electron chi connectivity index (χ3n) is 3.65. The molecule has 0 spiro atoms. The summed E-state index contributed by atoms with van der Waals surface area (Å²) in [5, 5.41) is 14.4. The van der Waals surface area contributed by atoms with Gasteiger partial charge in [-0.05, 0) is 17.5 Å². The van der Waals surface area contributed by atoms with E-state index in [4.69, 9.17) is 9.15 Å². The molecule has 0 bridgehead atoms. The third kappa shape index (κ3) is 4.42. The monoisotopic (exact) mass is 331 g/mol. The molecule has 2 N–H and O–H groups in total. The van der Waals surface area contributed by atoms with Crippen LogP contribution in [0.3, 0.4) is 0 Å². The van der Waals surface area contributed by atoms with Crippen LogP contribution in [0.25, 0.3) is 12.2 Å². The first kappa shape index (κ1) is 15.7. The van der Waals surface area contributed by atoms with Crippen molar-refractivity contribution < 1.29 is 14.1 Å². The molecule has 7 heteroatoms. The summed E-state index contributed by atoms with van der Waals surface area (Å²) in [6.07, 6.45) is 3.71. The molecular formula is C16H19N4O2S+. The number of aromatic nitrogens is 1. The van der Waals surface area contributed by atoms with Crippen molar-refractivity contribution >= 4 is 29.4 Å². The molecule has 0 radical (unpaired) electrons. The number of nitrogens with zero attached hydrogens (tertiary/aromatic N) is 2. The second-order valence-corrected chi connectivity index (χ2v) is 6.21. The predicted molar refractivity (Wildman–Crippen MR) is 89.3 cm³/mol. The van der Waals surface area contributed by atoms with Crippen LogP contribution in [-0.4, -0.2) is 44.4 Å². The minimum Gasteiger partial charge on any atom is -0.420 e. The van der Waals surface area contributed by atoms with Crippen molar-refractivity contribution in [3.8, 4) is 6.07 Å². The molecule has 1 aliphatic heterocycles. The Bertz CT molecular complexity index is 681. The van der Waals surface area contributed by atoms with Crippen LogP contribution in [0.2, 0.25) is 0 Å². The first-order chi connectivity index (χ1) is 11.3. The Morgan fingerprint density at radius 1 is 1.39 bits per heavy atom. The van der Waals surface area contributed by atoms with E-state index < -0.39 is 0 Å². The lowest BCUT2D eigenvalue weighted by molar-refractivity contribution is -0.906. The van der Waals surface area contributed by atoms with Crippen molar-refractivity contribution in [3.63, 3.8) is 0 Å². The van der Waals surface area contributed by atoms with Gasteiger partial charge in [-0.3, -0.25) is 0 Å². The summed E-state index contributed by atoms with van der Waals surface area (Å²) in [5.41, 5.74) is 0.299. The number of hydrogen-bond donors (Lipinski definition) is 2. The van der Waals surface area contributed by atoms with Gasteiger partial charge in [0.25, 0.3) is 0 Å². The van der Waals surface area contributed by atoms with E-state index in [1.165, 1.54) is 4.90 Å². The second-order valence-electron chi connectivity index (χ2n) is 5.23. The van der Waals surface area contributed by atoms with Crippen molar-refractivity contribution in [2.24, 2.45) is 0 Å². The van der Waals surface area contributed by atoms with Crippen molar-refractivity contribution in [2.45, 2.75) is 0 Å². The minimum absolute atomic E-state index is 0.299. The highest BCUT2D eigenvalue weighted by molar-refractivity contribution is 7.10. The zero-order valence-electron chi connectivity index (χ0n) is 12.7. The number of thiophene rings is 1. The molecule has 0 aromatic carbocycles. The molecule has 3 heterocycles. The average Bonchev–Trinajstić information content (AvgIpc) is 3.23. The van der Waals surface area contributed by atoms with Crippen LogP contribution < -0.4 is 10.2 Å². The molecule has 0 saturated carbocycles. The van der Waals surface area contributed by atoms with Gasteiger partial charge in [-0.1, -0.05) is 6.07 Å². The maximum absolute atomic E-state index is 9.18. The quantitative estimate of drug-likeness (QED) is 0.829. The summed E-state index contributed by atoms with van der Waals surface area (Å²) in [5.74, 6) is 0.891. The molecule has 23 heavy (non-hydrogen) atoms. The van der Waals surface area contributed by atoms with Crippen molar-refractivity contribution in [2.75, 3.05) is 44.7 Å². The molecule has 0 unspecified atom stereocenters. The number of oxazole rings is 1. The molecule has 0 atom stereocenters. The van der Waals surface area contributed by atoms with Crippen LogP contribution in [0.1, 0.15) is 16.5 Å². The van der Waals surface area contributed by atoms with E-state index in [0.29, 0.717) is 17.5 Å². The zero-order valence-corrected chi connectivity index (χ0v) is 13.6. The summed E-state index contributed by atoms with van der Waals surface area (Å²) < 4.78 is 11.0. The van der Waals surface area contributed by atoms with Gasteiger partial charge >= 0.3 is 0 Å². The molecule has 1 aliphatic rings. The fourth-order valence-corrected chi connectivity index (χ4v) is 3.02. The van der Waals surface area contributed by atoms with E-state index in [0.717, 1.165) is 44.3 Å². The normalized spacial score (nSPS) is 15.8. The van der Waals surface area contributed by atoms with Crippen LogP contribution in [0.4, 0.5) is 5.88 Å². The molecule has 0 amide bonds. The molecule has 2 aromatic rings. The molecule has 6 nitrogen and oxygen atoms in total. The predicted octanol–water partition coefficient (Wildman–Crippen LogP) is 1.11. The summed E-state index contributed by atoms with van der Waals surface area (Å²) >= 11 is 1.64. The first-order valence-corrected chi connectivity index (χ1v) is 8.51. The third-order valence-corrected chi connectivity index (χ3v) is 4.48. The van der Waals surface area contributed by atoms with Gasteiger partial charge in [0, 0.05) is 11.0 Å². The van der Waals surface area contributed by atoms with Crippen LogP contribution in [0.5, 0.6) is 0 Å². The highest BCUT2D eigenvalue weighted by Gasteiger charge is 2.15. The first-order valence-electron chi connectivity index (χ1n) is 7.63. The largest absolute Gasteiger partial charge is 0.420 e. The fraction of sp³-hybridized carbons (Fsp3) is 0.375. The Labute approximate surface area is 139 Å². The van der Waals surface area contributed by atoms with Gasteiger partial charge in [0.05, 0.1) is 26.3 Å².